The fourth-order valence-electron chi connectivity index (χ4n) is 1.74. The number of anilines is 1. The Morgan fingerprint density at radius 2 is 2.08 bits per heavy atom. The van der Waals surface area contributed by atoms with E-state index in [1.54, 1.807) is 13.0 Å². The first-order chi connectivity index (χ1) is 6.02. The van der Waals surface area contributed by atoms with Crippen molar-refractivity contribution in [2.45, 2.75) is 18.2 Å². The van der Waals surface area contributed by atoms with Gasteiger partial charge in [-0.3, -0.25) is 0 Å². The van der Waals surface area contributed by atoms with Gasteiger partial charge in [-0.15, -0.1) is 0 Å². The lowest BCUT2D eigenvalue weighted by atomic mass is 10.1. The van der Waals surface area contributed by atoms with Crippen LogP contribution < -0.4 is 5.73 Å². The summed E-state index contributed by atoms with van der Waals surface area (Å²) in [7, 11) is -3.04. The summed E-state index contributed by atoms with van der Waals surface area (Å²) in [4.78, 5) is 0.465. The molecule has 2 N–H and O–H groups in total. The standard InChI is InChI=1S/C9H11NO2S/c1-6-8(10)3-2-7-4-5-13(11,12)9(6)7/h2-3H,4-5,10H2,1H3. The maximum atomic E-state index is 11.6. The van der Waals surface area contributed by atoms with Crippen LogP contribution in [0, 0.1) is 6.92 Å². The number of hydrogen-bond acceptors (Lipinski definition) is 3. The molecule has 1 aliphatic rings. The number of rotatable bonds is 0. The molecule has 70 valence electrons. The smallest absolute Gasteiger partial charge is 0.179 e. The van der Waals surface area contributed by atoms with E-state index in [0.717, 1.165) is 5.56 Å². The molecule has 4 heteroatoms. The van der Waals surface area contributed by atoms with Crippen molar-refractivity contribution < 1.29 is 8.42 Å². The second kappa shape index (κ2) is 2.48. The molecule has 0 saturated heterocycles. The predicted molar refractivity (Wildman–Crippen MR) is 51.3 cm³/mol. The van der Waals surface area contributed by atoms with Gasteiger partial charge in [0.1, 0.15) is 0 Å². The molecule has 1 aromatic rings. The van der Waals surface area contributed by atoms with Crippen LogP contribution in [0.2, 0.25) is 0 Å². The lowest BCUT2D eigenvalue weighted by Crippen LogP contribution is -2.02. The summed E-state index contributed by atoms with van der Waals surface area (Å²) in [6, 6.07) is 3.58. The van der Waals surface area contributed by atoms with Gasteiger partial charge in [-0.2, -0.15) is 0 Å². The quantitative estimate of drug-likeness (QED) is 0.629. The third-order valence-electron chi connectivity index (χ3n) is 2.48. The summed E-state index contributed by atoms with van der Waals surface area (Å²) in [5.74, 6) is 0.229. The number of sulfone groups is 1. The van der Waals surface area contributed by atoms with Gasteiger partial charge in [-0.1, -0.05) is 6.07 Å². The minimum absolute atomic E-state index is 0.229. The SMILES string of the molecule is Cc1c(N)ccc2c1S(=O)(=O)CC2. The highest BCUT2D eigenvalue weighted by Crippen LogP contribution is 2.31. The van der Waals surface area contributed by atoms with E-state index in [2.05, 4.69) is 0 Å². The molecule has 0 aromatic heterocycles. The molecule has 0 fully saturated rings. The Labute approximate surface area is 77.5 Å². The van der Waals surface area contributed by atoms with Crippen molar-refractivity contribution in [1.82, 2.24) is 0 Å². The molecule has 0 atom stereocenters. The Morgan fingerprint density at radius 3 is 2.77 bits per heavy atom. The molecule has 0 aliphatic carbocycles. The van der Waals surface area contributed by atoms with Crippen LogP contribution in [-0.4, -0.2) is 14.2 Å². The highest BCUT2D eigenvalue weighted by atomic mass is 32.2. The minimum atomic E-state index is -3.04. The number of hydrogen-bond donors (Lipinski definition) is 1. The van der Waals surface area contributed by atoms with Gasteiger partial charge in [0.05, 0.1) is 10.6 Å². The minimum Gasteiger partial charge on any atom is -0.398 e. The van der Waals surface area contributed by atoms with Gasteiger partial charge in [0.25, 0.3) is 0 Å². The van der Waals surface area contributed by atoms with E-state index < -0.39 is 9.84 Å². The van der Waals surface area contributed by atoms with E-state index in [-0.39, 0.29) is 5.75 Å². The zero-order chi connectivity index (χ0) is 9.64. The van der Waals surface area contributed by atoms with Crippen LogP contribution in [-0.2, 0) is 16.3 Å². The lowest BCUT2D eigenvalue weighted by Gasteiger charge is -2.05. The molecule has 0 spiro atoms. The summed E-state index contributed by atoms with van der Waals surface area (Å²) in [6.07, 6.45) is 0.624. The van der Waals surface area contributed by atoms with Crippen LogP contribution in [0.4, 0.5) is 5.69 Å². The topological polar surface area (TPSA) is 60.2 Å². The van der Waals surface area contributed by atoms with Crippen LogP contribution in [0.3, 0.4) is 0 Å². The molecule has 1 aliphatic heterocycles. The van der Waals surface area contributed by atoms with Crippen LogP contribution in [0.5, 0.6) is 0 Å². The van der Waals surface area contributed by atoms with E-state index in [1.165, 1.54) is 0 Å². The van der Waals surface area contributed by atoms with E-state index >= 15 is 0 Å². The first-order valence-corrected chi connectivity index (χ1v) is 5.78. The molecule has 1 aromatic carbocycles. The molecular formula is C9H11NO2S. The molecule has 0 bridgehead atoms. The predicted octanol–water partition coefficient (Wildman–Crippen LogP) is 0.907. The Hall–Kier alpha value is -1.03. The summed E-state index contributed by atoms with van der Waals surface area (Å²) >= 11 is 0. The van der Waals surface area contributed by atoms with Crippen LogP contribution in [0.1, 0.15) is 11.1 Å². The normalized spacial score (nSPS) is 18.5. The van der Waals surface area contributed by atoms with Crippen molar-refractivity contribution in [3.05, 3.63) is 23.3 Å². The van der Waals surface area contributed by atoms with Gasteiger partial charge < -0.3 is 5.73 Å². The lowest BCUT2D eigenvalue weighted by molar-refractivity contribution is 0.599. The highest BCUT2D eigenvalue weighted by Gasteiger charge is 2.28. The number of nitrogens with two attached hydrogens (primary N) is 1. The third kappa shape index (κ3) is 1.13. The maximum absolute atomic E-state index is 11.6. The van der Waals surface area contributed by atoms with E-state index in [0.29, 0.717) is 22.6 Å². The monoisotopic (exact) mass is 197 g/mol. The summed E-state index contributed by atoms with van der Waals surface area (Å²) < 4.78 is 23.1. The van der Waals surface area contributed by atoms with Crippen molar-refractivity contribution in [3.8, 4) is 0 Å². The highest BCUT2D eigenvalue weighted by molar-refractivity contribution is 7.91. The molecule has 0 unspecified atom stereocenters. The van der Waals surface area contributed by atoms with Crippen LogP contribution in [0.15, 0.2) is 17.0 Å². The second-order valence-corrected chi connectivity index (χ2v) is 5.38. The zero-order valence-corrected chi connectivity index (χ0v) is 8.19. The van der Waals surface area contributed by atoms with Gasteiger partial charge in [-0.05, 0) is 30.5 Å². The van der Waals surface area contributed by atoms with Crippen LogP contribution in [0.25, 0.3) is 0 Å². The van der Waals surface area contributed by atoms with Gasteiger partial charge in [0.15, 0.2) is 9.84 Å². The number of aryl methyl sites for hydroxylation is 1. The zero-order valence-electron chi connectivity index (χ0n) is 7.37. The fraction of sp³-hybridized carbons (Fsp3) is 0.333. The van der Waals surface area contributed by atoms with E-state index in [9.17, 15) is 8.42 Å². The average molecular weight is 197 g/mol. The summed E-state index contributed by atoms with van der Waals surface area (Å²) in [6.45, 7) is 1.76. The Balaban J connectivity index is 2.83. The van der Waals surface area contributed by atoms with Crippen molar-refractivity contribution >= 4 is 15.5 Å². The number of benzene rings is 1. The average Bonchev–Trinajstić information content (AvgIpc) is 2.35. The Kier molecular flexibility index (Phi) is 1.63. The van der Waals surface area contributed by atoms with Gasteiger partial charge in [0.2, 0.25) is 0 Å². The van der Waals surface area contributed by atoms with Crippen molar-refractivity contribution in [2.75, 3.05) is 11.5 Å². The van der Waals surface area contributed by atoms with E-state index in [4.69, 9.17) is 5.73 Å². The van der Waals surface area contributed by atoms with Gasteiger partial charge >= 0.3 is 0 Å². The van der Waals surface area contributed by atoms with E-state index in [1.807, 2.05) is 6.07 Å². The van der Waals surface area contributed by atoms with Crippen molar-refractivity contribution in [1.29, 1.82) is 0 Å². The number of fused-ring (bicyclic) bond motifs is 1. The van der Waals surface area contributed by atoms with Crippen molar-refractivity contribution in [3.63, 3.8) is 0 Å². The number of nitrogen functional groups attached to an aromatic ring is 1. The molecule has 0 radical (unpaired) electrons. The summed E-state index contributed by atoms with van der Waals surface area (Å²) in [5, 5.41) is 0. The first-order valence-electron chi connectivity index (χ1n) is 4.13. The Bertz CT molecular complexity index is 463. The third-order valence-corrected chi connectivity index (χ3v) is 4.41. The van der Waals surface area contributed by atoms with Crippen molar-refractivity contribution in [2.24, 2.45) is 0 Å². The largest absolute Gasteiger partial charge is 0.398 e. The molecule has 13 heavy (non-hydrogen) atoms. The molecular weight excluding hydrogens is 186 g/mol. The first kappa shape index (κ1) is 8.56. The molecule has 2 rings (SSSR count). The molecule has 3 nitrogen and oxygen atoms in total. The summed E-state index contributed by atoms with van der Waals surface area (Å²) in [5.41, 5.74) is 7.82. The van der Waals surface area contributed by atoms with Gasteiger partial charge in [0, 0.05) is 5.69 Å². The molecule has 0 amide bonds. The Morgan fingerprint density at radius 1 is 1.38 bits per heavy atom. The molecule has 0 saturated carbocycles. The second-order valence-electron chi connectivity index (χ2n) is 3.34. The fourth-order valence-corrected chi connectivity index (χ4v) is 3.59. The maximum Gasteiger partial charge on any atom is 0.179 e. The van der Waals surface area contributed by atoms with Gasteiger partial charge in [-0.25, -0.2) is 8.42 Å². The molecule has 1 heterocycles. The van der Waals surface area contributed by atoms with Crippen LogP contribution >= 0.6 is 0 Å².